The third kappa shape index (κ3) is 9.27. The van der Waals surface area contributed by atoms with Gasteiger partial charge in [-0.1, -0.05) is 42.5 Å². The molecule has 0 unspecified atom stereocenters. The number of amides is 1. The maximum absolute atomic E-state index is 13.0. The molecular formula is C28H24F6N2O3. The van der Waals surface area contributed by atoms with Gasteiger partial charge in [-0.05, 0) is 47.9 Å². The second-order valence-corrected chi connectivity index (χ2v) is 8.69. The number of aromatic nitrogens is 1. The van der Waals surface area contributed by atoms with E-state index in [-0.39, 0.29) is 19.4 Å². The van der Waals surface area contributed by atoms with Gasteiger partial charge in [-0.3, -0.25) is 14.6 Å². The molecule has 0 aliphatic heterocycles. The van der Waals surface area contributed by atoms with Crippen LogP contribution in [0.5, 0.6) is 0 Å². The molecule has 0 radical (unpaired) electrons. The molecule has 1 atom stereocenters. The molecule has 2 N–H and O–H groups in total. The number of carboxylic acid groups (broad SMARTS) is 1. The number of hydrogen-bond donors (Lipinski definition) is 2. The highest BCUT2D eigenvalue weighted by atomic mass is 19.4. The number of nitrogens with one attached hydrogen (secondary N) is 1. The molecule has 0 aliphatic rings. The van der Waals surface area contributed by atoms with Crippen LogP contribution in [-0.2, 0) is 11.0 Å². The fourth-order valence-electron chi connectivity index (χ4n) is 3.68. The predicted molar refractivity (Wildman–Crippen MR) is 133 cm³/mol. The van der Waals surface area contributed by atoms with Crippen LogP contribution in [0.25, 0.3) is 17.3 Å². The number of benzene rings is 2. The highest BCUT2D eigenvalue weighted by Crippen LogP contribution is 2.33. The molecule has 206 valence electrons. The molecule has 0 fully saturated rings. The summed E-state index contributed by atoms with van der Waals surface area (Å²) in [4.78, 5) is 26.9. The van der Waals surface area contributed by atoms with Gasteiger partial charge in [0, 0.05) is 36.2 Å². The van der Waals surface area contributed by atoms with E-state index in [1.807, 2.05) is 0 Å². The van der Waals surface area contributed by atoms with E-state index >= 15 is 0 Å². The van der Waals surface area contributed by atoms with E-state index in [0.717, 1.165) is 12.1 Å². The van der Waals surface area contributed by atoms with Crippen LogP contribution < -0.4 is 5.32 Å². The number of carbonyl (C=O) groups excluding carboxylic acids is 1. The van der Waals surface area contributed by atoms with Crippen LogP contribution in [-0.4, -0.2) is 34.7 Å². The third-order valence-corrected chi connectivity index (χ3v) is 5.78. The molecule has 0 bridgehead atoms. The van der Waals surface area contributed by atoms with E-state index in [1.165, 1.54) is 30.5 Å². The minimum absolute atomic E-state index is 0.0254. The third-order valence-electron chi connectivity index (χ3n) is 5.78. The molecule has 3 aromatic rings. The fourth-order valence-corrected chi connectivity index (χ4v) is 3.68. The second-order valence-electron chi connectivity index (χ2n) is 8.69. The van der Waals surface area contributed by atoms with Gasteiger partial charge in [0.25, 0.3) is 5.91 Å². The molecule has 2 aromatic carbocycles. The number of pyridine rings is 1. The van der Waals surface area contributed by atoms with Gasteiger partial charge in [0.2, 0.25) is 0 Å². The van der Waals surface area contributed by atoms with E-state index in [0.29, 0.717) is 27.9 Å². The molecule has 39 heavy (non-hydrogen) atoms. The number of allylic oxidation sites excluding steroid dienone is 1. The first-order chi connectivity index (χ1) is 18.3. The Kier molecular flexibility index (Phi) is 9.50. The molecule has 11 heteroatoms. The highest BCUT2D eigenvalue weighted by molar-refractivity contribution is 5.94. The summed E-state index contributed by atoms with van der Waals surface area (Å²) in [5.41, 5.74) is 1.44. The zero-order valence-corrected chi connectivity index (χ0v) is 20.4. The van der Waals surface area contributed by atoms with Gasteiger partial charge in [0.15, 0.2) is 0 Å². The van der Waals surface area contributed by atoms with Crippen LogP contribution >= 0.6 is 0 Å². The number of aliphatic carboxylic acids is 1. The maximum Gasteiger partial charge on any atom is 0.416 e. The van der Waals surface area contributed by atoms with E-state index < -0.39 is 42.1 Å². The number of nitrogens with zero attached hydrogens (tertiary/aromatic N) is 1. The molecule has 1 aromatic heterocycles. The van der Waals surface area contributed by atoms with Gasteiger partial charge in [-0.15, -0.1) is 0 Å². The number of alkyl halides is 6. The topological polar surface area (TPSA) is 79.3 Å². The highest BCUT2D eigenvalue weighted by Gasteiger charge is 2.30. The van der Waals surface area contributed by atoms with Gasteiger partial charge >= 0.3 is 18.3 Å². The second kappa shape index (κ2) is 12.6. The molecule has 0 spiro atoms. The quantitative estimate of drug-likeness (QED) is 0.264. The first-order valence-corrected chi connectivity index (χ1v) is 11.8. The van der Waals surface area contributed by atoms with Crippen molar-refractivity contribution in [3.63, 3.8) is 0 Å². The Morgan fingerprint density at radius 1 is 0.923 bits per heavy atom. The van der Waals surface area contributed by atoms with Crippen LogP contribution in [0, 0.1) is 0 Å². The van der Waals surface area contributed by atoms with Crippen molar-refractivity contribution >= 4 is 18.0 Å². The zero-order valence-electron chi connectivity index (χ0n) is 20.4. The lowest BCUT2D eigenvalue weighted by atomic mass is 9.93. The smallest absolute Gasteiger partial charge is 0.416 e. The van der Waals surface area contributed by atoms with Crippen molar-refractivity contribution in [3.05, 3.63) is 95.2 Å². The van der Waals surface area contributed by atoms with Crippen LogP contribution in [0.1, 0.15) is 52.2 Å². The summed E-state index contributed by atoms with van der Waals surface area (Å²) in [6.45, 7) is -0.0254. The van der Waals surface area contributed by atoms with E-state index in [9.17, 15) is 35.9 Å². The lowest BCUT2D eigenvalue weighted by Crippen LogP contribution is -2.25. The monoisotopic (exact) mass is 550 g/mol. The summed E-state index contributed by atoms with van der Waals surface area (Å²) in [6.07, 6.45) is -5.70. The molecule has 0 saturated carbocycles. The van der Waals surface area contributed by atoms with E-state index in [1.54, 1.807) is 36.4 Å². The number of rotatable bonds is 10. The summed E-state index contributed by atoms with van der Waals surface area (Å²) in [6, 6.07) is 13.8. The van der Waals surface area contributed by atoms with Crippen molar-refractivity contribution in [2.75, 3.05) is 6.54 Å². The predicted octanol–water partition coefficient (Wildman–Crippen LogP) is 7.11. The minimum Gasteiger partial charge on any atom is -0.481 e. The number of hydrogen-bond acceptors (Lipinski definition) is 3. The van der Waals surface area contributed by atoms with Crippen molar-refractivity contribution in [3.8, 4) is 11.3 Å². The normalized spacial score (nSPS) is 12.9. The maximum atomic E-state index is 13.0. The Morgan fingerprint density at radius 3 is 2.13 bits per heavy atom. The fraction of sp³-hybridized carbons (Fsp3) is 0.250. The Bertz CT molecular complexity index is 1280. The Balaban J connectivity index is 1.74. The lowest BCUT2D eigenvalue weighted by Gasteiger charge is -2.15. The summed E-state index contributed by atoms with van der Waals surface area (Å²) in [7, 11) is 0. The first kappa shape index (κ1) is 29.4. The van der Waals surface area contributed by atoms with Crippen molar-refractivity contribution in [1.29, 1.82) is 0 Å². The average Bonchev–Trinajstić information content (AvgIpc) is 2.88. The molecule has 0 aliphatic carbocycles. The largest absolute Gasteiger partial charge is 0.481 e. The first-order valence-electron chi connectivity index (χ1n) is 11.8. The SMILES string of the molecule is O=C(O)CCNC(=O)c1ccc(/C=C/[C@@H](CCC(F)(F)F)c2ccc(-c3ccc(C(F)(F)F)cc3)nc2)cc1. The summed E-state index contributed by atoms with van der Waals surface area (Å²) in [5, 5.41) is 11.1. The van der Waals surface area contributed by atoms with Crippen LogP contribution in [0.2, 0.25) is 0 Å². The van der Waals surface area contributed by atoms with Gasteiger partial charge < -0.3 is 10.4 Å². The molecular weight excluding hydrogens is 526 g/mol. The van der Waals surface area contributed by atoms with Gasteiger partial charge in [-0.2, -0.15) is 26.3 Å². The van der Waals surface area contributed by atoms with Gasteiger partial charge in [0.1, 0.15) is 0 Å². The number of carboxylic acids is 1. The molecule has 5 nitrogen and oxygen atoms in total. The van der Waals surface area contributed by atoms with Gasteiger partial charge in [-0.25, -0.2) is 0 Å². The molecule has 1 heterocycles. The zero-order chi connectivity index (χ0) is 28.6. The Hall–Kier alpha value is -4.15. The van der Waals surface area contributed by atoms with Crippen molar-refractivity contribution in [2.24, 2.45) is 0 Å². The van der Waals surface area contributed by atoms with Crippen LogP contribution in [0.4, 0.5) is 26.3 Å². The molecule has 1 amide bonds. The number of halogens is 6. The van der Waals surface area contributed by atoms with E-state index in [2.05, 4.69) is 10.3 Å². The van der Waals surface area contributed by atoms with Crippen LogP contribution in [0.3, 0.4) is 0 Å². The van der Waals surface area contributed by atoms with Gasteiger partial charge in [0.05, 0.1) is 17.7 Å². The standard InChI is InChI=1S/C28H24F6N2O3/c29-27(30,31)15-13-19(4-1-18-2-5-21(6-3-18)26(39)35-16-14-25(37)38)22-9-12-24(36-17-22)20-7-10-23(11-8-20)28(32,33)34/h1-12,17,19H,13-16H2,(H,35,39)(H,37,38)/b4-1+/t19-/m0/s1. The summed E-state index contributed by atoms with van der Waals surface area (Å²) in [5.74, 6) is -2.14. The van der Waals surface area contributed by atoms with Crippen molar-refractivity contribution in [2.45, 2.75) is 37.5 Å². The average molecular weight is 550 g/mol. The van der Waals surface area contributed by atoms with Crippen molar-refractivity contribution < 1.29 is 41.0 Å². The Morgan fingerprint density at radius 2 is 1.59 bits per heavy atom. The van der Waals surface area contributed by atoms with E-state index in [4.69, 9.17) is 5.11 Å². The van der Waals surface area contributed by atoms with Crippen molar-refractivity contribution in [1.82, 2.24) is 10.3 Å². The lowest BCUT2D eigenvalue weighted by molar-refractivity contribution is -0.138. The van der Waals surface area contributed by atoms with Crippen LogP contribution in [0.15, 0.2) is 72.9 Å². The molecule has 0 saturated heterocycles. The molecule has 3 rings (SSSR count). The Labute approximate surface area is 220 Å². The number of carbonyl (C=O) groups is 2. The minimum atomic E-state index is -4.47. The summed E-state index contributed by atoms with van der Waals surface area (Å²) < 4.78 is 77.3. The summed E-state index contributed by atoms with van der Waals surface area (Å²) >= 11 is 0.